The highest BCUT2D eigenvalue weighted by Crippen LogP contribution is 2.33. The summed E-state index contributed by atoms with van der Waals surface area (Å²) >= 11 is 0. The molecule has 1 aromatic heterocycles. The maximum absolute atomic E-state index is 14.5. The van der Waals surface area contributed by atoms with Gasteiger partial charge in [0.05, 0.1) is 22.6 Å². The van der Waals surface area contributed by atoms with Crippen LogP contribution >= 0.6 is 0 Å². The molecule has 0 saturated carbocycles. The van der Waals surface area contributed by atoms with Crippen LogP contribution in [0, 0.1) is 19.7 Å². The maximum Gasteiger partial charge on any atom is 0.253 e. The van der Waals surface area contributed by atoms with E-state index in [1.807, 2.05) is 32.0 Å². The number of nitrogens with one attached hydrogen (secondary N) is 2. The lowest BCUT2D eigenvalue weighted by atomic mass is 9.98. The summed E-state index contributed by atoms with van der Waals surface area (Å²) < 4.78 is 20.8. The number of amides is 1. The summed E-state index contributed by atoms with van der Waals surface area (Å²) in [7, 11) is 1.58. The summed E-state index contributed by atoms with van der Waals surface area (Å²) in [6, 6.07) is 16.9. The Balaban J connectivity index is 1.89. The Morgan fingerprint density at radius 3 is 2.45 bits per heavy atom. The molecule has 2 N–H and O–H groups in total. The summed E-state index contributed by atoms with van der Waals surface area (Å²) in [6.07, 6.45) is 0. The summed E-state index contributed by atoms with van der Waals surface area (Å²) in [5.41, 5.74) is 3.60. The van der Waals surface area contributed by atoms with E-state index in [2.05, 4.69) is 10.6 Å². The molecule has 0 radical (unpaired) electrons. The molecule has 168 valence electrons. The van der Waals surface area contributed by atoms with Crippen molar-refractivity contribution in [2.24, 2.45) is 0 Å². The van der Waals surface area contributed by atoms with E-state index in [1.54, 1.807) is 50.4 Å². The average Bonchev–Trinajstić information content (AvgIpc) is 2.81. The van der Waals surface area contributed by atoms with Gasteiger partial charge in [-0.1, -0.05) is 30.3 Å². The summed E-state index contributed by atoms with van der Waals surface area (Å²) in [5.74, 6) is -0.445. The second kappa shape index (κ2) is 8.90. The fourth-order valence-electron chi connectivity index (χ4n) is 4.04. The number of rotatable bonds is 5. The molecule has 0 aliphatic carbocycles. The van der Waals surface area contributed by atoms with E-state index < -0.39 is 5.82 Å². The molecule has 1 amide bonds. The van der Waals surface area contributed by atoms with Crippen molar-refractivity contribution in [1.29, 1.82) is 0 Å². The molecular formula is C27H25FN2O3. The van der Waals surface area contributed by atoms with Crippen molar-refractivity contribution in [2.45, 2.75) is 26.8 Å². The number of carbonyl (C=O) groups is 1. The number of carbonyl (C=O) groups excluding carboxylic acids is 1. The van der Waals surface area contributed by atoms with Gasteiger partial charge in [0.15, 0.2) is 5.43 Å². The molecule has 0 fully saturated rings. The maximum atomic E-state index is 14.5. The van der Waals surface area contributed by atoms with Crippen molar-refractivity contribution in [2.75, 3.05) is 12.4 Å². The van der Waals surface area contributed by atoms with Crippen LogP contribution in [0.5, 0.6) is 0 Å². The standard InChI is InChI=1S/C27H25FN2O3/c1-15-13-20(17(3)30-23-12-8-6-10-19(23)27(32)29-4)26-21(14-15)24(31)16(2)25(33-26)18-9-5-7-11-22(18)28/h5-14,17,30H,1-4H3,(H,29,32). The zero-order chi connectivity index (χ0) is 23.7. The van der Waals surface area contributed by atoms with Crippen molar-refractivity contribution < 1.29 is 13.6 Å². The fraction of sp³-hybridized carbons (Fsp3) is 0.185. The Hall–Kier alpha value is -3.93. The van der Waals surface area contributed by atoms with Crippen LogP contribution in [0.2, 0.25) is 0 Å². The summed E-state index contributed by atoms with van der Waals surface area (Å²) in [6.45, 7) is 5.49. The number of halogens is 1. The van der Waals surface area contributed by atoms with Crippen LogP contribution in [-0.4, -0.2) is 13.0 Å². The zero-order valence-electron chi connectivity index (χ0n) is 19.0. The molecule has 4 aromatic rings. The number of hydrogen-bond donors (Lipinski definition) is 2. The second-order valence-corrected chi connectivity index (χ2v) is 8.09. The predicted octanol–water partition coefficient (Wildman–Crippen LogP) is 5.75. The van der Waals surface area contributed by atoms with Crippen LogP contribution in [-0.2, 0) is 0 Å². The molecular weight excluding hydrogens is 419 g/mol. The molecule has 5 nitrogen and oxygen atoms in total. The van der Waals surface area contributed by atoms with Crippen molar-refractivity contribution in [1.82, 2.24) is 5.32 Å². The first-order chi connectivity index (χ1) is 15.8. The summed E-state index contributed by atoms with van der Waals surface area (Å²) in [5, 5.41) is 6.45. The first-order valence-corrected chi connectivity index (χ1v) is 10.7. The predicted molar refractivity (Wildman–Crippen MR) is 129 cm³/mol. The van der Waals surface area contributed by atoms with Gasteiger partial charge in [0.1, 0.15) is 17.2 Å². The third kappa shape index (κ3) is 4.12. The van der Waals surface area contributed by atoms with Gasteiger partial charge in [0.25, 0.3) is 5.91 Å². The number of anilines is 1. The molecule has 33 heavy (non-hydrogen) atoms. The monoisotopic (exact) mass is 444 g/mol. The van der Waals surface area contributed by atoms with Crippen molar-refractivity contribution in [3.8, 4) is 11.3 Å². The number of fused-ring (bicyclic) bond motifs is 1. The van der Waals surface area contributed by atoms with E-state index >= 15 is 0 Å². The van der Waals surface area contributed by atoms with E-state index in [0.717, 1.165) is 11.1 Å². The Labute approximate surface area is 191 Å². The van der Waals surface area contributed by atoms with Crippen molar-refractivity contribution in [3.05, 3.63) is 99.0 Å². The number of benzene rings is 3. The molecule has 0 aliphatic rings. The summed E-state index contributed by atoms with van der Waals surface area (Å²) in [4.78, 5) is 25.5. The molecule has 6 heteroatoms. The SMILES string of the molecule is CNC(=O)c1ccccc1NC(C)c1cc(C)cc2c(=O)c(C)c(-c3ccccc3F)oc12. The van der Waals surface area contributed by atoms with Crippen LogP contribution in [0.4, 0.5) is 10.1 Å². The molecule has 1 heterocycles. The van der Waals surface area contributed by atoms with Gasteiger partial charge < -0.3 is 15.1 Å². The molecule has 3 aromatic carbocycles. The minimum atomic E-state index is -0.456. The molecule has 1 atom stereocenters. The van der Waals surface area contributed by atoms with E-state index in [4.69, 9.17) is 4.42 Å². The normalized spacial score (nSPS) is 11.9. The largest absolute Gasteiger partial charge is 0.455 e. The Kier molecular flexibility index (Phi) is 6.01. The van der Waals surface area contributed by atoms with Gasteiger partial charge in [-0.2, -0.15) is 0 Å². The van der Waals surface area contributed by atoms with Gasteiger partial charge in [-0.3, -0.25) is 9.59 Å². The van der Waals surface area contributed by atoms with Crippen LogP contribution in [0.1, 0.15) is 40.0 Å². The van der Waals surface area contributed by atoms with Crippen LogP contribution in [0.15, 0.2) is 69.9 Å². The highest BCUT2D eigenvalue weighted by Gasteiger charge is 2.21. The average molecular weight is 445 g/mol. The van der Waals surface area contributed by atoms with E-state index in [0.29, 0.717) is 27.8 Å². The minimum Gasteiger partial charge on any atom is -0.455 e. The second-order valence-electron chi connectivity index (χ2n) is 8.09. The van der Waals surface area contributed by atoms with E-state index in [1.165, 1.54) is 6.07 Å². The zero-order valence-corrected chi connectivity index (χ0v) is 19.0. The van der Waals surface area contributed by atoms with Crippen LogP contribution in [0.25, 0.3) is 22.3 Å². The molecule has 4 rings (SSSR count). The van der Waals surface area contributed by atoms with Crippen molar-refractivity contribution in [3.63, 3.8) is 0 Å². The fourth-order valence-corrected chi connectivity index (χ4v) is 4.04. The number of para-hydroxylation sites is 1. The van der Waals surface area contributed by atoms with Crippen molar-refractivity contribution >= 4 is 22.6 Å². The molecule has 0 bridgehead atoms. The third-order valence-corrected chi connectivity index (χ3v) is 5.75. The lowest BCUT2D eigenvalue weighted by Gasteiger charge is -2.20. The lowest BCUT2D eigenvalue weighted by molar-refractivity contribution is 0.0964. The Morgan fingerprint density at radius 2 is 1.73 bits per heavy atom. The highest BCUT2D eigenvalue weighted by atomic mass is 19.1. The quantitative estimate of drug-likeness (QED) is 0.411. The topological polar surface area (TPSA) is 71.3 Å². The Bertz CT molecular complexity index is 1430. The third-order valence-electron chi connectivity index (χ3n) is 5.75. The highest BCUT2D eigenvalue weighted by molar-refractivity contribution is 5.99. The van der Waals surface area contributed by atoms with E-state index in [-0.39, 0.29) is 28.7 Å². The van der Waals surface area contributed by atoms with Gasteiger partial charge in [0.2, 0.25) is 0 Å². The molecule has 0 saturated heterocycles. The molecule has 0 spiro atoms. The Morgan fingerprint density at radius 1 is 1.03 bits per heavy atom. The van der Waals surface area contributed by atoms with Gasteiger partial charge in [0, 0.05) is 23.9 Å². The number of hydrogen-bond acceptors (Lipinski definition) is 4. The van der Waals surface area contributed by atoms with Gasteiger partial charge >= 0.3 is 0 Å². The number of aryl methyl sites for hydroxylation is 1. The molecule has 0 aliphatic heterocycles. The van der Waals surface area contributed by atoms with Gasteiger partial charge in [-0.05, 0) is 56.7 Å². The lowest BCUT2D eigenvalue weighted by Crippen LogP contribution is -2.20. The molecule has 1 unspecified atom stereocenters. The first kappa shape index (κ1) is 22.3. The van der Waals surface area contributed by atoms with Crippen LogP contribution in [0.3, 0.4) is 0 Å². The smallest absolute Gasteiger partial charge is 0.253 e. The van der Waals surface area contributed by atoms with Gasteiger partial charge in [-0.25, -0.2) is 4.39 Å². The van der Waals surface area contributed by atoms with Gasteiger partial charge in [-0.15, -0.1) is 0 Å². The first-order valence-electron chi connectivity index (χ1n) is 10.7. The minimum absolute atomic E-state index is 0.197. The van der Waals surface area contributed by atoms with Crippen LogP contribution < -0.4 is 16.1 Å². The van der Waals surface area contributed by atoms with E-state index in [9.17, 15) is 14.0 Å².